The number of likely N-dealkylation sites (tertiary alicyclic amines) is 1. The van der Waals surface area contributed by atoms with Crippen LogP contribution in [0, 0.1) is 0 Å². The molecule has 0 aromatic heterocycles. The summed E-state index contributed by atoms with van der Waals surface area (Å²) in [7, 11) is -2.26. The summed E-state index contributed by atoms with van der Waals surface area (Å²) in [5, 5.41) is 0.271. The maximum Gasteiger partial charge on any atom is 0.255 e. The first-order valence-corrected chi connectivity index (χ1v) is 8.77. The molecule has 116 valence electrons. The van der Waals surface area contributed by atoms with E-state index in [1.54, 1.807) is 4.90 Å². The van der Waals surface area contributed by atoms with Crippen molar-refractivity contribution in [1.29, 1.82) is 0 Å². The van der Waals surface area contributed by atoms with Crippen LogP contribution in [0.25, 0.3) is 0 Å². The number of benzene rings is 1. The van der Waals surface area contributed by atoms with Gasteiger partial charge in [0, 0.05) is 12.6 Å². The molecule has 1 aliphatic heterocycles. The summed E-state index contributed by atoms with van der Waals surface area (Å²) in [5.41, 5.74) is 0.238. The minimum absolute atomic E-state index is 0.0439. The largest absolute Gasteiger partial charge is 0.336 e. The number of halogens is 1. The topological polar surface area (TPSA) is 66.5 Å². The number of hydrogen-bond acceptors (Lipinski definition) is 3. The van der Waals surface area contributed by atoms with Gasteiger partial charge in [-0.2, -0.15) is 0 Å². The molecule has 0 radical (unpaired) electrons. The number of sulfonamides is 1. The third-order valence-corrected chi connectivity index (χ3v) is 5.55. The second kappa shape index (κ2) is 6.34. The fourth-order valence-corrected chi connectivity index (χ4v) is 3.46. The normalized spacial score (nSPS) is 19.6. The summed E-state index contributed by atoms with van der Waals surface area (Å²) >= 11 is 6.09. The van der Waals surface area contributed by atoms with Gasteiger partial charge < -0.3 is 4.90 Å². The zero-order valence-electron chi connectivity index (χ0n) is 12.1. The van der Waals surface area contributed by atoms with Crippen LogP contribution in [0.3, 0.4) is 0 Å². The molecule has 2 rings (SSSR count). The Morgan fingerprint density at radius 3 is 2.71 bits per heavy atom. The lowest BCUT2D eigenvalue weighted by Crippen LogP contribution is -2.42. The summed E-state index contributed by atoms with van der Waals surface area (Å²) in [6.45, 7) is 2.68. The summed E-state index contributed by atoms with van der Waals surface area (Å²) in [6.07, 6.45) is 3.02. The van der Waals surface area contributed by atoms with E-state index in [-0.39, 0.29) is 27.4 Å². The minimum Gasteiger partial charge on any atom is -0.336 e. The van der Waals surface area contributed by atoms with E-state index in [2.05, 4.69) is 4.72 Å². The molecule has 0 spiro atoms. The molecule has 21 heavy (non-hydrogen) atoms. The Hall–Kier alpha value is -1.11. The molecule has 0 aliphatic carbocycles. The second-order valence-corrected chi connectivity index (χ2v) is 7.49. The second-order valence-electron chi connectivity index (χ2n) is 5.19. The van der Waals surface area contributed by atoms with Gasteiger partial charge in [-0.05, 0) is 51.4 Å². The average Bonchev–Trinajstić information content (AvgIpc) is 2.47. The van der Waals surface area contributed by atoms with Crippen molar-refractivity contribution in [3.63, 3.8) is 0 Å². The van der Waals surface area contributed by atoms with Crippen molar-refractivity contribution in [2.45, 2.75) is 37.1 Å². The number of hydrogen-bond donors (Lipinski definition) is 1. The molecule has 0 bridgehead atoms. The van der Waals surface area contributed by atoms with Crippen LogP contribution < -0.4 is 4.72 Å². The Morgan fingerprint density at radius 2 is 2.10 bits per heavy atom. The van der Waals surface area contributed by atoms with Crippen LogP contribution in [0.2, 0.25) is 5.02 Å². The van der Waals surface area contributed by atoms with E-state index in [9.17, 15) is 13.2 Å². The number of rotatable bonds is 3. The van der Waals surface area contributed by atoms with Gasteiger partial charge in [-0.1, -0.05) is 11.6 Å². The maximum absolute atomic E-state index is 12.6. The molecule has 1 aliphatic rings. The highest BCUT2D eigenvalue weighted by atomic mass is 35.5. The van der Waals surface area contributed by atoms with Crippen molar-refractivity contribution in [2.75, 3.05) is 13.6 Å². The van der Waals surface area contributed by atoms with Crippen molar-refractivity contribution >= 4 is 27.5 Å². The van der Waals surface area contributed by atoms with Crippen molar-refractivity contribution in [3.05, 3.63) is 28.8 Å². The Labute approximate surface area is 130 Å². The molecule has 1 aromatic carbocycles. The van der Waals surface area contributed by atoms with E-state index in [0.717, 1.165) is 19.3 Å². The predicted octanol–water partition coefficient (Wildman–Crippen LogP) is 2.26. The third-order valence-electron chi connectivity index (χ3n) is 3.81. The van der Waals surface area contributed by atoms with Gasteiger partial charge in [0.15, 0.2) is 0 Å². The van der Waals surface area contributed by atoms with Gasteiger partial charge in [0.2, 0.25) is 10.0 Å². The standard InChI is InChI=1S/C14H19ClN2O3S/c1-10-5-3-4-8-17(10)14(18)12-9-11(6-7-13(12)15)21(19,20)16-2/h6-7,9-10,16H,3-5,8H2,1-2H3/t10-/m1/s1. The van der Waals surface area contributed by atoms with Crippen molar-refractivity contribution in [2.24, 2.45) is 0 Å². The van der Waals surface area contributed by atoms with Crippen LogP contribution in [0.15, 0.2) is 23.1 Å². The van der Waals surface area contributed by atoms with E-state index in [4.69, 9.17) is 11.6 Å². The highest BCUT2D eigenvalue weighted by molar-refractivity contribution is 7.89. The van der Waals surface area contributed by atoms with Crippen LogP contribution >= 0.6 is 11.6 Å². The number of amides is 1. The first kappa shape index (κ1) is 16.3. The van der Waals surface area contributed by atoms with E-state index in [1.165, 1.54) is 25.2 Å². The Kier molecular flexibility index (Phi) is 4.91. The van der Waals surface area contributed by atoms with Crippen molar-refractivity contribution in [1.82, 2.24) is 9.62 Å². The average molecular weight is 331 g/mol. The zero-order valence-corrected chi connectivity index (χ0v) is 13.7. The first-order valence-electron chi connectivity index (χ1n) is 6.91. The van der Waals surface area contributed by atoms with E-state index < -0.39 is 10.0 Å². The molecule has 0 unspecified atom stereocenters. The molecule has 0 saturated carbocycles. The van der Waals surface area contributed by atoms with E-state index in [1.807, 2.05) is 6.92 Å². The molecule has 1 atom stereocenters. The van der Waals surface area contributed by atoms with Crippen LogP contribution in [-0.4, -0.2) is 38.9 Å². The predicted molar refractivity (Wildman–Crippen MR) is 82.0 cm³/mol. The quantitative estimate of drug-likeness (QED) is 0.924. The maximum atomic E-state index is 12.6. The van der Waals surface area contributed by atoms with Gasteiger partial charge >= 0.3 is 0 Å². The molecule has 1 fully saturated rings. The van der Waals surface area contributed by atoms with Gasteiger partial charge in [-0.15, -0.1) is 0 Å². The summed E-state index contributed by atoms with van der Waals surface area (Å²) < 4.78 is 25.9. The number of nitrogens with zero attached hydrogens (tertiary/aromatic N) is 1. The Morgan fingerprint density at radius 1 is 1.38 bits per heavy atom. The number of carbonyl (C=O) groups is 1. The summed E-state index contributed by atoms with van der Waals surface area (Å²) in [5.74, 6) is -0.208. The first-order chi connectivity index (χ1) is 9.86. The van der Waals surface area contributed by atoms with Crippen LogP contribution in [-0.2, 0) is 10.0 Å². The lowest BCUT2D eigenvalue weighted by molar-refractivity contribution is 0.0635. The molecule has 1 N–H and O–H groups in total. The Bertz CT molecular complexity index is 646. The van der Waals surface area contributed by atoms with Crippen LogP contribution in [0.5, 0.6) is 0 Å². The smallest absolute Gasteiger partial charge is 0.255 e. The number of carbonyl (C=O) groups excluding carboxylic acids is 1. The monoisotopic (exact) mass is 330 g/mol. The molecule has 1 heterocycles. The minimum atomic E-state index is -3.59. The number of nitrogens with one attached hydrogen (secondary N) is 1. The van der Waals surface area contributed by atoms with E-state index >= 15 is 0 Å². The van der Waals surface area contributed by atoms with Gasteiger partial charge in [0.25, 0.3) is 5.91 Å². The molecule has 1 saturated heterocycles. The van der Waals surface area contributed by atoms with Gasteiger partial charge in [-0.25, -0.2) is 13.1 Å². The lowest BCUT2D eigenvalue weighted by Gasteiger charge is -2.33. The third kappa shape index (κ3) is 3.39. The van der Waals surface area contributed by atoms with Gasteiger partial charge in [-0.3, -0.25) is 4.79 Å². The lowest BCUT2D eigenvalue weighted by atomic mass is 10.0. The summed E-state index contributed by atoms with van der Waals surface area (Å²) in [4.78, 5) is 14.4. The number of piperidine rings is 1. The molecule has 1 amide bonds. The van der Waals surface area contributed by atoms with E-state index in [0.29, 0.717) is 6.54 Å². The van der Waals surface area contributed by atoms with Crippen molar-refractivity contribution < 1.29 is 13.2 Å². The Balaban J connectivity index is 2.39. The highest BCUT2D eigenvalue weighted by Gasteiger charge is 2.26. The molecular weight excluding hydrogens is 312 g/mol. The fourth-order valence-electron chi connectivity index (χ4n) is 2.51. The zero-order chi connectivity index (χ0) is 15.6. The molecule has 1 aromatic rings. The highest BCUT2D eigenvalue weighted by Crippen LogP contribution is 2.25. The van der Waals surface area contributed by atoms with Crippen LogP contribution in [0.4, 0.5) is 0 Å². The summed E-state index contributed by atoms with van der Waals surface area (Å²) in [6, 6.07) is 4.34. The van der Waals surface area contributed by atoms with Gasteiger partial charge in [0.05, 0.1) is 15.5 Å². The SMILES string of the molecule is CNS(=O)(=O)c1ccc(Cl)c(C(=O)N2CCCC[C@H]2C)c1. The van der Waals surface area contributed by atoms with Crippen molar-refractivity contribution in [3.8, 4) is 0 Å². The molecule has 5 nitrogen and oxygen atoms in total. The van der Waals surface area contributed by atoms with Gasteiger partial charge in [0.1, 0.15) is 0 Å². The van der Waals surface area contributed by atoms with Crippen LogP contribution in [0.1, 0.15) is 36.5 Å². The molecular formula is C14H19ClN2O3S. The molecule has 7 heteroatoms. The fraction of sp³-hybridized carbons (Fsp3) is 0.500.